The first-order valence-electron chi connectivity index (χ1n) is 10.6. The van der Waals surface area contributed by atoms with Gasteiger partial charge in [-0.3, -0.25) is 14.8 Å². The Morgan fingerprint density at radius 3 is 2.66 bits per heavy atom. The van der Waals surface area contributed by atoms with Crippen LogP contribution < -0.4 is 10.6 Å². The van der Waals surface area contributed by atoms with E-state index < -0.39 is 11.7 Å². The molecule has 2 N–H and O–H groups in total. The monoisotopic (exact) mass is 438 g/mol. The number of hydrogen-bond acceptors (Lipinski definition) is 5. The number of allylic oxidation sites excluding steroid dienone is 1. The van der Waals surface area contributed by atoms with Gasteiger partial charge in [0.2, 0.25) is 5.95 Å². The van der Waals surface area contributed by atoms with E-state index in [4.69, 9.17) is 4.74 Å². The highest BCUT2D eigenvalue weighted by atomic mass is 16.6. The summed E-state index contributed by atoms with van der Waals surface area (Å²) in [6, 6.07) is 9.44. The molecule has 1 aromatic carbocycles. The number of nitrogens with zero attached hydrogens (tertiary/aromatic N) is 4. The Morgan fingerprint density at radius 2 is 1.94 bits per heavy atom. The van der Waals surface area contributed by atoms with Gasteiger partial charge in [0.05, 0.1) is 16.7 Å². The lowest BCUT2D eigenvalue weighted by Gasteiger charge is -2.19. The summed E-state index contributed by atoms with van der Waals surface area (Å²) in [5, 5.41) is 9.94. The first-order chi connectivity index (χ1) is 15.2. The van der Waals surface area contributed by atoms with Gasteiger partial charge in [-0.25, -0.2) is 9.78 Å². The number of nitrogens with one attached hydrogen (secondary N) is 2. The number of carbonyl (C=O) groups is 2. The Kier molecular flexibility index (Phi) is 6.97. The summed E-state index contributed by atoms with van der Waals surface area (Å²) < 4.78 is 8.80. The van der Waals surface area contributed by atoms with Crippen LogP contribution in [0.25, 0.3) is 11.0 Å². The number of rotatable bonds is 7. The van der Waals surface area contributed by atoms with Crippen molar-refractivity contribution in [1.29, 1.82) is 0 Å². The van der Waals surface area contributed by atoms with E-state index in [2.05, 4.69) is 20.7 Å². The van der Waals surface area contributed by atoms with Crippen LogP contribution in [0.15, 0.2) is 42.5 Å². The third-order valence-electron chi connectivity index (χ3n) is 4.53. The number of aromatic nitrogens is 4. The molecule has 0 aliphatic carbocycles. The second kappa shape index (κ2) is 9.67. The molecule has 9 heteroatoms. The molecular weight excluding hydrogens is 408 g/mol. The van der Waals surface area contributed by atoms with Crippen LogP contribution in [-0.2, 0) is 17.8 Å². The van der Waals surface area contributed by atoms with E-state index in [-0.39, 0.29) is 5.91 Å². The molecule has 0 fully saturated rings. The number of aryl methyl sites for hydroxylation is 2. The van der Waals surface area contributed by atoms with Gasteiger partial charge in [0.1, 0.15) is 11.3 Å². The number of amides is 2. The van der Waals surface area contributed by atoms with Crippen molar-refractivity contribution >= 4 is 29.0 Å². The molecule has 2 heterocycles. The molecule has 0 aliphatic heterocycles. The fraction of sp³-hybridized carbons (Fsp3) is 0.391. The first kappa shape index (κ1) is 23.1. The van der Waals surface area contributed by atoms with Crippen LogP contribution in [0.2, 0.25) is 0 Å². The van der Waals surface area contributed by atoms with Crippen LogP contribution in [0.5, 0.6) is 0 Å². The van der Waals surface area contributed by atoms with Crippen molar-refractivity contribution < 1.29 is 14.3 Å². The molecule has 0 unspecified atom stereocenters. The SMILES string of the molecule is CCn1nc(C)cc1C(=O)Nc1nc2ccccc2n1C/C=C/CNC(=O)OC(C)(C)C. The maximum Gasteiger partial charge on any atom is 0.407 e. The molecule has 0 saturated carbocycles. The Hall–Kier alpha value is -3.62. The minimum Gasteiger partial charge on any atom is -0.444 e. The van der Waals surface area contributed by atoms with Crippen LogP contribution in [-0.4, -0.2) is 43.5 Å². The molecule has 2 aromatic heterocycles. The molecule has 170 valence electrons. The number of fused-ring (bicyclic) bond motifs is 1. The number of anilines is 1. The Balaban J connectivity index is 1.73. The molecule has 32 heavy (non-hydrogen) atoms. The zero-order valence-corrected chi connectivity index (χ0v) is 19.2. The number of carbonyl (C=O) groups excluding carboxylic acids is 2. The standard InChI is InChI=1S/C23H30N6O3/c1-6-29-19(15-16(2)27-29)20(30)26-21-25-17-11-7-8-12-18(17)28(21)14-10-9-13-24-22(31)32-23(3,4)5/h7-12,15H,6,13-14H2,1-5H3,(H,24,31)(H,25,26,30)/b10-9+. The fourth-order valence-corrected chi connectivity index (χ4v) is 3.21. The van der Waals surface area contributed by atoms with Gasteiger partial charge in [0, 0.05) is 19.6 Å². The summed E-state index contributed by atoms with van der Waals surface area (Å²) in [7, 11) is 0. The Morgan fingerprint density at radius 1 is 1.19 bits per heavy atom. The molecule has 0 radical (unpaired) electrons. The van der Waals surface area contributed by atoms with Crippen LogP contribution in [0.1, 0.15) is 43.9 Å². The van der Waals surface area contributed by atoms with Crippen LogP contribution in [0.3, 0.4) is 0 Å². The molecule has 0 atom stereocenters. The maximum absolute atomic E-state index is 12.9. The molecule has 3 rings (SSSR count). The van der Waals surface area contributed by atoms with Crippen molar-refractivity contribution in [3.8, 4) is 0 Å². The van der Waals surface area contributed by atoms with E-state index in [1.807, 2.05) is 75.6 Å². The van der Waals surface area contributed by atoms with E-state index in [9.17, 15) is 9.59 Å². The number of ether oxygens (including phenoxy) is 1. The molecule has 0 saturated heterocycles. The number of alkyl carbamates (subject to hydrolysis) is 1. The van der Waals surface area contributed by atoms with E-state index in [1.165, 1.54) is 0 Å². The second-order valence-corrected chi connectivity index (χ2v) is 8.33. The van der Waals surface area contributed by atoms with Crippen LogP contribution in [0.4, 0.5) is 10.7 Å². The minimum atomic E-state index is -0.539. The molecule has 0 aliphatic rings. The zero-order chi connectivity index (χ0) is 23.3. The Labute approximate surface area is 187 Å². The number of hydrogen-bond donors (Lipinski definition) is 2. The third kappa shape index (κ3) is 5.75. The van der Waals surface area contributed by atoms with Crippen molar-refractivity contribution in [1.82, 2.24) is 24.6 Å². The predicted molar refractivity (Wildman–Crippen MR) is 124 cm³/mol. The highest BCUT2D eigenvalue weighted by Crippen LogP contribution is 2.20. The summed E-state index contributed by atoms with van der Waals surface area (Å²) >= 11 is 0. The molecule has 2 amide bonds. The van der Waals surface area contributed by atoms with Gasteiger partial charge < -0.3 is 14.6 Å². The van der Waals surface area contributed by atoms with Crippen molar-refractivity contribution in [2.45, 2.75) is 53.3 Å². The summed E-state index contributed by atoms with van der Waals surface area (Å²) in [4.78, 5) is 29.2. The predicted octanol–water partition coefficient (Wildman–Crippen LogP) is 3.89. The normalized spacial score (nSPS) is 11.8. The van der Waals surface area contributed by atoms with Gasteiger partial charge in [-0.1, -0.05) is 24.3 Å². The van der Waals surface area contributed by atoms with E-state index in [1.54, 1.807) is 10.7 Å². The molecule has 9 nitrogen and oxygen atoms in total. The summed E-state index contributed by atoms with van der Waals surface area (Å²) in [6.45, 7) is 10.6. The quantitative estimate of drug-likeness (QED) is 0.545. The number of benzene rings is 1. The van der Waals surface area contributed by atoms with Gasteiger partial charge in [-0.15, -0.1) is 0 Å². The number of imidazole rings is 1. The van der Waals surface area contributed by atoms with E-state index in [0.717, 1.165) is 16.7 Å². The smallest absolute Gasteiger partial charge is 0.407 e. The third-order valence-corrected chi connectivity index (χ3v) is 4.53. The lowest BCUT2D eigenvalue weighted by atomic mass is 10.2. The van der Waals surface area contributed by atoms with Gasteiger partial charge in [-0.2, -0.15) is 5.10 Å². The van der Waals surface area contributed by atoms with Crippen molar-refractivity contribution in [2.75, 3.05) is 11.9 Å². The summed E-state index contributed by atoms with van der Waals surface area (Å²) in [6.07, 6.45) is 3.27. The topological polar surface area (TPSA) is 103 Å². The highest BCUT2D eigenvalue weighted by molar-refractivity contribution is 6.03. The Bertz CT molecular complexity index is 1140. The van der Waals surface area contributed by atoms with Gasteiger partial charge in [0.15, 0.2) is 0 Å². The summed E-state index contributed by atoms with van der Waals surface area (Å²) in [5.41, 5.74) is 2.41. The maximum atomic E-state index is 12.9. The highest BCUT2D eigenvalue weighted by Gasteiger charge is 2.18. The first-order valence-corrected chi connectivity index (χ1v) is 10.6. The zero-order valence-electron chi connectivity index (χ0n) is 19.2. The lowest BCUT2D eigenvalue weighted by molar-refractivity contribution is 0.0534. The number of para-hydroxylation sites is 2. The second-order valence-electron chi connectivity index (χ2n) is 8.33. The van der Waals surface area contributed by atoms with Crippen molar-refractivity contribution in [3.05, 3.63) is 53.9 Å². The van der Waals surface area contributed by atoms with E-state index in [0.29, 0.717) is 31.3 Å². The van der Waals surface area contributed by atoms with Crippen LogP contribution in [0, 0.1) is 6.92 Å². The van der Waals surface area contributed by atoms with Gasteiger partial charge in [0.25, 0.3) is 5.91 Å². The van der Waals surface area contributed by atoms with Gasteiger partial charge >= 0.3 is 6.09 Å². The fourth-order valence-electron chi connectivity index (χ4n) is 3.21. The lowest BCUT2D eigenvalue weighted by Crippen LogP contribution is -2.32. The molecule has 0 bridgehead atoms. The average molecular weight is 439 g/mol. The molecule has 3 aromatic rings. The van der Waals surface area contributed by atoms with Gasteiger partial charge in [-0.05, 0) is 52.8 Å². The largest absolute Gasteiger partial charge is 0.444 e. The molecule has 0 spiro atoms. The molecular formula is C23H30N6O3. The van der Waals surface area contributed by atoms with Crippen LogP contribution >= 0.6 is 0 Å². The van der Waals surface area contributed by atoms with E-state index >= 15 is 0 Å². The van der Waals surface area contributed by atoms with Crippen molar-refractivity contribution in [2.24, 2.45) is 0 Å². The summed E-state index contributed by atoms with van der Waals surface area (Å²) in [5.74, 6) is 0.182. The average Bonchev–Trinajstić information content (AvgIpc) is 3.26. The minimum absolute atomic E-state index is 0.264. The van der Waals surface area contributed by atoms with Crippen molar-refractivity contribution in [3.63, 3.8) is 0 Å².